The van der Waals surface area contributed by atoms with E-state index in [0.717, 1.165) is 71.3 Å². The molecule has 0 unspecified atom stereocenters. The molecule has 2 aromatic carbocycles. The Kier molecular flexibility index (Phi) is 11.4. The van der Waals surface area contributed by atoms with Gasteiger partial charge in [0.1, 0.15) is 0 Å². The first kappa shape index (κ1) is 26.8. The van der Waals surface area contributed by atoms with E-state index in [-0.39, 0.29) is 24.0 Å². The van der Waals surface area contributed by atoms with Crippen LogP contribution in [-0.4, -0.2) is 81.2 Å². The molecule has 2 aliphatic rings. The number of rotatable bonds is 8. The van der Waals surface area contributed by atoms with Crippen LogP contribution in [0.1, 0.15) is 24.8 Å². The highest BCUT2D eigenvalue weighted by molar-refractivity contribution is 14.0. The van der Waals surface area contributed by atoms with Gasteiger partial charge >= 0.3 is 0 Å². The maximum atomic E-state index is 4.46. The molecule has 2 saturated heterocycles. The third-order valence-electron chi connectivity index (χ3n) is 6.84. The molecule has 0 radical (unpaired) electrons. The fraction of sp³-hybridized carbons (Fsp3) is 0.519. The molecule has 186 valence electrons. The second-order valence-electron chi connectivity index (χ2n) is 9.20. The van der Waals surface area contributed by atoms with Gasteiger partial charge in [-0.05, 0) is 43.5 Å². The maximum absolute atomic E-state index is 4.46. The molecule has 0 bridgehead atoms. The molecule has 4 rings (SSSR count). The smallest absolute Gasteiger partial charge is 0.191 e. The fourth-order valence-corrected chi connectivity index (χ4v) is 4.84. The van der Waals surface area contributed by atoms with Crippen LogP contribution < -0.4 is 15.5 Å². The number of likely N-dealkylation sites (tertiary alicyclic amines) is 1. The molecule has 0 atom stereocenters. The van der Waals surface area contributed by atoms with E-state index in [1.807, 2.05) is 7.05 Å². The van der Waals surface area contributed by atoms with Crippen LogP contribution in [0.2, 0.25) is 0 Å². The van der Waals surface area contributed by atoms with Crippen molar-refractivity contribution in [2.45, 2.75) is 31.8 Å². The Balaban J connectivity index is 0.00000324. The molecule has 0 spiro atoms. The molecule has 2 N–H and O–H groups in total. The van der Waals surface area contributed by atoms with E-state index in [0.29, 0.717) is 6.04 Å². The molecule has 2 aromatic rings. The number of guanidine groups is 1. The number of piperidine rings is 1. The van der Waals surface area contributed by atoms with Gasteiger partial charge < -0.3 is 15.5 Å². The first-order valence-electron chi connectivity index (χ1n) is 12.6. The third kappa shape index (κ3) is 8.43. The zero-order valence-electron chi connectivity index (χ0n) is 20.5. The summed E-state index contributed by atoms with van der Waals surface area (Å²) in [6.45, 7) is 9.95. The molecular weight excluding hydrogens is 535 g/mol. The lowest BCUT2D eigenvalue weighted by atomic mass is 10.0. The molecule has 7 heteroatoms. The molecule has 6 nitrogen and oxygen atoms in total. The van der Waals surface area contributed by atoms with Gasteiger partial charge in [0.2, 0.25) is 0 Å². The van der Waals surface area contributed by atoms with Crippen LogP contribution in [0.3, 0.4) is 0 Å². The first-order valence-corrected chi connectivity index (χ1v) is 12.6. The number of piperazine rings is 1. The number of nitrogens with one attached hydrogen (secondary N) is 2. The number of aliphatic imine (C=N–C) groups is 1. The number of anilines is 1. The maximum Gasteiger partial charge on any atom is 0.191 e. The molecular formula is C27H41IN6. The van der Waals surface area contributed by atoms with Crippen LogP contribution in [0.15, 0.2) is 65.7 Å². The number of benzene rings is 2. The number of hydrogen-bond donors (Lipinski definition) is 2. The Labute approximate surface area is 222 Å². The molecule has 0 aliphatic carbocycles. The fourth-order valence-electron chi connectivity index (χ4n) is 4.84. The average molecular weight is 577 g/mol. The lowest BCUT2D eigenvalue weighted by molar-refractivity contribution is 0.198. The summed E-state index contributed by atoms with van der Waals surface area (Å²) >= 11 is 0. The Bertz CT molecular complexity index is 831. The average Bonchev–Trinajstić information content (AvgIpc) is 2.88. The van der Waals surface area contributed by atoms with E-state index < -0.39 is 0 Å². The highest BCUT2D eigenvalue weighted by atomic mass is 127. The predicted molar refractivity (Wildman–Crippen MR) is 154 cm³/mol. The minimum Gasteiger partial charge on any atom is -0.369 e. The van der Waals surface area contributed by atoms with Crippen molar-refractivity contribution >= 4 is 35.6 Å². The first-order chi connectivity index (χ1) is 16.3. The summed E-state index contributed by atoms with van der Waals surface area (Å²) in [5.41, 5.74) is 2.75. The van der Waals surface area contributed by atoms with E-state index >= 15 is 0 Å². The van der Waals surface area contributed by atoms with Gasteiger partial charge in [0.25, 0.3) is 0 Å². The summed E-state index contributed by atoms with van der Waals surface area (Å²) in [4.78, 5) is 12.1. The van der Waals surface area contributed by atoms with Crippen LogP contribution in [0.4, 0.5) is 5.69 Å². The number of nitrogens with zero attached hydrogens (tertiary/aromatic N) is 4. The van der Waals surface area contributed by atoms with Crippen LogP contribution in [0, 0.1) is 0 Å². The van der Waals surface area contributed by atoms with Crippen molar-refractivity contribution in [2.75, 3.05) is 64.3 Å². The number of hydrogen-bond acceptors (Lipinski definition) is 4. The number of para-hydroxylation sites is 1. The quantitative estimate of drug-likeness (QED) is 0.218. The standard InChI is InChI=1S/C27H40N6.HI/c1-28-27(30-25-13-17-32(18-14-25)23-24-9-4-2-5-10-24)29-15-8-16-31-19-21-33(22-20-31)26-11-6-3-7-12-26;/h2-7,9-12,25H,8,13-23H2,1H3,(H2,28,29,30);1H. The van der Waals surface area contributed by atoms with Crippen molar-refractivity contribution in [3.05, 3.63) is 66.2 Å². The lowest BCUT2D eigenvalue weighted by Crippen LogP contribution is -2.49. The van der Waals surface area contributed by atoms with Crippen LogP contribution in [-0.2, 0) is 6.54 Å². The van der Waals surface area contributed by atoms with Crippen molar-refractivity contribution < 1.29 is 0 Å². The molecule has 0 aromatic heterocycles. The number of halogens is 1. The topological polar surface area (TPSA) is 46.1 Å². The molecule has 2 heterocycles. The van der Waals surface area contributed by atoms with Crippen molar-refractivity contribution in [2.24, 2.45) is 4.99 Å². The largest absolute Gasteiger partial charge is 0.369 e. The molecule has 0 amide bonds. The van der Waals surface area contributed by atoms with Crippen LogP contribution >= 0.6 is 24.0 Å². The Hall–Kier alpha value is -1.84. The van der Waals surface area contributed by atoms with Gasteiger partial charge in [-0.25, -0.2) is 0 Å². The minimum atomic E-state index is 0. The summed E-state index contributed by atoms with van der Waals surface area (Å²) in [5.74, 6) is 0.949. The summed E-state index contributed by atoms with van der Waals surface area (Å²) in [6, 6.07) is 22.1. The van der Waals surface area contributed by atoms with Crippen LogP contribution in [0.5, 0.6) is 0 Å². The molecule has 0 saturated carbocycles. The Morgan fingerprint density at radius 3 is 2.15 bits per heavy atom. The van der Waals surface area contributed by atoms with Gasteiger partial charge in [0.15, 0.2) is 5.96 Å². The summed E-state index contributed by atoms with van der Waals surface area (Å²) < 4.78 is 0. The van der Waals surface area contributed by atoms with Crippen molar-refractivity contribution in [3.8, 4) is 0 Å². The minimum absolute atomic E-state index is 0. The van der Waals surface area contributed by atoms with Crippen molar-refractivity contribution in [3.63, 3.8) is 0 Å². The third-order valence-corrected chi connectivity index (χ3v) is 6.84. The van der Waals surface area contributed by atoms with E-state index in [2.05, 4.69) is 91.0 Å². The molecule has 2 aliphatic heterocycles. The lowest BCUT2D eigenvalue weighted by Gasteiger charge is -2.36. The van der Waals surface area contributed by atoms with Crippen LogP contribution in [0.25, 0.3) is 0 Å². The Morgan fingerprint density at radius 1 is 0.853 bits per heavy atom. The van der Waals surface area contributed by atoms with Gasteiger partial charge in [0.05, 0.1) is 0 Å². The zero-order valence-corrected chi connectivity index (χ0v) is 22.9. The van der Waals surface area contributed by atoms with E-state index in [1.54, 1.807) is 0 Å². The van der Waals surface area contributed by atoms with Crippen molar-refractivity contribution in [1.82, 2.24) is 20.4 Å². The summed E-state index contributed by atoms with van der Waals surface area (Å²) in [6.07, 6.45) is 3.47. The van der Waals surface area contributed by atoms with Gasteiger partial charge in [-0.2, -0.15) is 0 Å². The van der Waals surface area contributed by atoms with Gasteiger partial charge in [-0.3, -0.25) is 14.8 Å². The highest BCUT2D eigenvalue weighted by Gasteiger charge is 2.20. The van der Waals surface area contributed by atoms with Gasteiger partial charge in [0, 0.05) is 71.1 Å². The summed E-state index contributed by atoms with van der Waals surface area (Å²) in [5, 5.41) is 7.17. The monoisotopic (exact) mass is 576 g/mol. The molecule has 34 heavy (non-hydrogen) atoms. The van der Waals surface area contributed by atoms with Crippen molar-refractivity contribution in [1.29, 1.82) is 0 Å². The Morgan fingerprint density at radius 2 is 1.50 bits per heavy atom. The van der Waals surface area contributed by atoms with Gasteiger partial charge in [-0.1, -0.05) is 48.5 Å². The second-order valence-corrected chi connectivity index (χ2v) is 9.20. The van der Waals surface area contributed by atoms with E-state index in [1.165, 1.54) is 24.1 Å². The normalized spacial score (nSPS) is 18.4. The zero-order chi connectivity index (χ0) is 22.7. The van der Waals surface area contributed by atoms with E-state index in [4.69, 9.17) is 0 Å². The summed E-state index contributed by atoms with van der Waals surface area (Å²) in [7, 11) is 1.88. The van der Waals surface area contributed by atoms with Gasteiger partial charge in [-0.15, -0.1) is 24.0 Å². The van der Waals surface area contributed by atoms with E-state index in [9.17, 15) is 0 Å². The SMILES string of the molecule is CN=C(NCCCN1CCN(c2ccccc2)CC1)NC1CCN(Cc2ccccc2)CC1.I. The predicted octanol–water partition coefficient (Wildman–Crippen LogP) is 3.65. The highest BCUT2D eigenvalue weighted by Crippen LogP contribution is 2.16. The molecule has 2 fully saturated rings. The second kappa shape index (κ2) is 14.5.